The molecule has 3 aromatic rings. The molecule has 0 unspecified atom stereocenters. The highest BCUT2D eigenvalue weighted by Gasteiger charge is 2.31. The minimum Gasteiger partial charge on any atom is -0.352 e. The molecule has 1 saturated heterocycles. The number of piperazine rings is 1. The van der Waals surface area contributed by atoms with Crippen LogP contribution in [0.3, 0.4) is 0 Å². The summed E-state index contributed by atoms with van der Waals surface area (Å²) in [5.41, 5.74) is 2.13. The van der Waals surface area contributed by atoms with E-state index in [1.54, 1.807) is 18.2 Å². The molecule has 0 atom stereocenters. The van der Waals surface area contributed by atoms with Crippen molar-refractivity contribution in [2.24, 2.45) is 0 Å². The van der Waals surface area contributed by atoms with Gasteiger partial charge in [-0.25, -0.2) is 8.42 Å². The van der Waals surface area contributed by atoms with Crippen molar-refractivity contribution in [2.75, 3.05) is 31.1 Å². The Bertz CT molecular complexity index is 1070. The van der Waals surface area contributed by atoms with E-state index >= 15 is 0 Å². The topological polar surface area (TPSA) is 92.2 Å². The number of aromatic nitrogens is 4. The van der Waals surface area contributed by atoms with Crippen LogP contribution in [0, 0.1) is 0 Å². The highest BCUT2D eigenvalue weighted by atomic mass is 32.2. The van der Waals surface area contributed by atoms with Gasteiger partial charge >= 0.3 is 0 Å². The second-order valence-corrected chi connectivity index (χ2v) is 9.30. The molecule has 1 aromatic carbocycles. The van der Waals surface area contributed by atoms with Crippen LogP contribution in [0.5, 0.6) is 0 Å². The number of anilines is 1. The molecule has 140 valence electrons. The first-order chi connectivity index (χ1) is 13.1. The van der Waals surface area contributed by atoms with Crippen LogP contribution in [0.2, 0.25) is 0 Å². The maximum Gasteiger partial charge on any atom is 0.245 e. The summed E-state index contributed by atoms with van der Waals surface area (Å²) >= 11 is 1.03. The average molecular weight is 403 g/mol. The van der Waals surface area contributed by atoms with Gasteiger partial charge in [0.1, 0.15) is 15.9 Å². The Hall–Kier alpha value is -2.17. The average Bonchev–Trinajstić information content (AvgIpc) is 3.44. The molecular weight excluding hydrogens is 384 g/mol. The Kier molecular flexibility index (Phi) is 4.06. The van der Waals surface area contributed by atoms with E-state index in [2.05, 4.69) is 23.8 Å². The quantitative estimate of drug-likeness (QED) is 0.658. The normalized spacial score (nSPS) is 18.9. The van der Waals surface area contributed by atoms with Crippen molar-refractivity contribution < 1.29 is 8.42 Å². The van der Waals surface area contributed by atoms with Crippen molar-refractivity contribution in [1.29, 1.82) is 0 Å². The Morgan fingerprint density at radius 1 is 0.963 bits per heavy atom. The van der Waals surface area contributed by atoms with Crippen molar-refractivity contribution in [3.8, 4) is 0 Å². The fourth-order valence-electron chi connectivity index (χ4n) is 3.39. The van der Waals surface area contributed by atoms with Crippen LogP contribution in [0.1, 0.15) is 24.5 Å². The number of sulfonamides is 1. The van der Waals surface area contributed by atoms with Gasteiger partial charge in [0.2, 0.25) is 10.0 Å². The highest BCUT2D eigenvalue weighted by molar-refractivity contribution is 7.89. The molecule has 2 aromatic heterocycles. The molecule has 1 aliphatic heterocycles. The summed E-state index contributed by atoms with van der Waals surface area (Å²) in [5, 5.41) is 8.66. The first-order valence-corrected chi connectivity index (χ1v) is 11.1. The molecule has 8 nitrogen and oxygen atoms in total. The van der Waals surface area contributed by atoms with E-state index in [1.807, 2.05) is 12.1 Å². The van der Waals surface area contributed by atoms with E-state index in [9.17, 15) is 8.42 Å². The van der Waals surface area contributed by atoms with Crippen molar-refractivity contribution in [3.63, 3.8) is 0 Å². The molecule has 0 spiro atoms. The fraction of sp³-hybridized carbons (Fsp3) is 0.412. The van der Waals surface area contributed by atoms with Crippen LogP contribution < -0.4 is 4.90 Å². The van der Waals surface area contributed by atoms with Gasteiger partial charge < -0.3 is 4.90 Å². The molecule has 0 amide bonds. The molecule has 1 aliphatic carbocycles. The van der Waals surface area contributed by atoms with Gasteiger partial charge in [-0.1, -0.05) is 6.07 Å². The summed E-state index contributed by atoms with van der Waals surface area (Å²) in [4.78, 5) is 2.32. The lowest BCUT2D eigenvalue weighted by Gasteiger charge is -2.34. The maximum atomic E-state index is 13.1. The van der Waals surface area contributed by atoms with E-state index in [1.165, 1.54) is 17.1 Å². The second kappa shape index (κ2) is 6.47. The lowest BCUT2D eigenvalue weighted by atomic mass is 10.2. The van der Waals surface area contributed by atoms with Crippen LogP contribution in [0.4, 0.5) is 5.82 Å². The number of hydrogen-bond donors (Lipinski definition) is 0. The lowest BCUT2D eigenvalue weighted by molar-refractivity contribution is 0.383. The SMILES string of the molecule is O=S(=O)(c1cccc2nsnc12)N1CCN(c2ccc(C3CC3)nn2)CC1. The minimum absolute atomic E-state index is 0.232. The maximum absolute atomic E-state index is 13.1. The third kappa shape index (κ3) is 3.07. The number of benzene rings is 1. The molecule has 10 heteroatoms. The number of rotatable bonds is 4. The zero-order valence-electron chi connectivity index (χ0n) is 14.5. The number of hydrogen-bond acceptors (Lipinski definition) is 8. The van der Waals surface area contributed by atoms with Crippen LogP contribution in [-0.4, -0.2) is 57.8 Å². The van der Waals surface area contributed by atoms with E-state index in [-0.39, 0.29) is 4.90 Å². The smallest absolute Gasteiger partial charge is 0.245 e. The Labute approximate surface area is 161 Å². The third-order valence-corrected chi connectivity index (χ3v) is 7.57. The van der Waals surface area contributed by atoms with Crippen LogP contribution in [0.25, 0.3) is 11.0 Å². The van der Waals surface area contributed by atoms with E-state index in [4.69, 9.17) is 0 Å². The number of fused-ring (bicyclic) bond motifs is 1. The van der Waals surface area contributed by atoms with E-state index in [0.29, 0.717) is 43.1 Å². The molecule has 5 rings (SSSR count). The van der Waals surface area contributed by atoms with Gasteiger partial charge in [0.05, 0.1) is 17.4 Å². The molecule has 2 aliphatic rings. The summed E-state index contributed by atoms with van der Waals surface area (Å²) < 4.78 is 36.0. The van der Waals surface area contributed by atoms with Gasteiger partial charge in [-0.3, -0.25) is 0 Å². The van der Waals surface area contributed by atoms with Crippen molar-refractivity contribution in [3.05, 3.63) is 36.0 Å². The summed E-state index contributed by atoms with van der Waals surface area (Å²) in [6.07, 6.45) is 2.40. The minimum atomic E-state index is -3.60. The molecule has 2 fully saturated rings. The molecule has 0 N–H and O–H groups in total. The standard InChI is InChI=1S/C17H18N6O2S2/c24-27(25,15-3-1-2-14-17(15)21-26-20-14)23-10-8-22(9-11-23)16-7-6-13(18-19-16)12-4-5-12/h1-3,6-7,12H,4-5,8-11H2. The van der Waals surface area contributed by atoms with Gasteiger partial charge in [-0.2, -0.15) is 18.2 Å². The zero-order chi connectivity index (χ0) is 18.4. The van der Waals surface area contributed by atoms with Gasteiger partial charge in [0.15, 0.2) is 5.82 Å². The van der Waals surface area contributed by atoms with Crippen LogP contribution in [-0.2, 0) is 10.0 Å². The van der Waals surface area contributed by atoms with Crippen LogP contribution in [0.15, 0.2) is 35.2 Å². The monoisotopic (exact) mass is 402 g/mol. The summed E-state index contributed by atoms with van der Waals surface area (Å²) in [7, 11) is -3.60. The largest absolute Gasteiger partial charge is 0.352 e. The summed E-state index contributed by atoms with van der Waals surface area (Å²) in [6.45, 7) is 1.98. The van der Waals surface area contributed by atoms with Crippen molar-refractivity contribution in [2.45, 2.75) is 23.7 Å². The Morgan fingerprint density at radius 2 is 1.78 bits per heavy atom. The summed E-state index contributed by atoms with van der Waals surface area (Å²) in [6, 6.07) is 9.13. The van der Waals surface area contributed by atoms with Crippen LogP contribution >= 0.6 is 11.7 Å². The second-order valence-electron chi connectivity index (χ2n) is 6.87. The van der Waals surface area contributed by atoms with Gasteiger partial charge in [-0.15, -0.1) is 5.10 Å². The Morgan fingerprint density at radius 3 is 2.48 bits per heavy atom. The highest BCUT2D eigenvalue weighted by Crippen LogP contribution is 2.38. The first kappa shape index (κ1) is 17.0. The van der Waals surface area contributed by atoms with E-state index < -0.39 is 10.0 Å². The van der Waals surface area contributed by atoms with Crippen molar-refractivity contribution >= 4 is 38.6 Å². The molecule has 1 saturated carbocycles. The van der Waals surface area contributed by atoms with Gasteiger partial charge in [-0.05, 0) is 37.1 Å². The number of nitrogens with zero attached hydrogens (tertiary/aromatic N) is 6. The lowest BCUT2D eigenvalue weighted by Crippen LogP contribution is -2.49. The molecule has 27 heavy (non-hydrogen) atoms. The zero-order valence-corrected chi connectivity index (χ0v) is 16.2. The molecule has 3 heterocycles. The van der Waals surface area contributed by atoms with E-state index in [0.717, 1.165) is 23.2 Å². The van der Waals surface area contributed by atoms with Gasteiger partial charge in [0.25, 0.3) is 0 Å². The fourth-order valence-corrected chi connectivity index (χ4v) is 5.56. The molecule has 0 radical (unpaired) electrons. The Balaban J connectivity index is 1.33. The van der Waals surface area contributed by atoms with Crippen molar-refractivity contribution in [1.82, 2.24) is 23.2 Å². The molecule has 0 bridgehead atoms. The van der Waals surface area contributed by atoms with Gasteiger partial charge in [0, 0.05) is 32.1 Å². The third-order valence-electron chi connectivity index (χ3n) is 5.10. The predicted molar refractivity (Wildman–Crippen MR) is 102 cm³/mol. The predicted octanol–water partition coefficient (Wildman–Crippen LogP) is 1.87. The molecular formula is C17H18N6O2S2. The first-order valence-electron chi connectivity index (χ1n) is 8.93. The summed E-state index contributed by atoms with van der Waals surface area (Å²) in [5.74, 6) is 1.39.